The minimum Gasteiger partial charge on any atom is -0.380 e. The molecule has 0 aliphatic carbocycles. The minimum absolute atomic E-state index is 0.182. The summed E-state index contributed by atoms with van der Waals surface area (Å²) in [6.45, 7) is 4.27. The van der Waals surface area contributed by atoms with Crippen molar-refractivity contribution in [3.63, 3.8) is 0 Å². The first-order chi connectivity index (χ1) is 9.15. The number of methoxy groups -OCH3 is 1. The molecule has 19 heavy (non-hydrogen) atoms. The number of piperidine rings is 1. The van der Waals surface area contributed by atoms with Gasteiger partial charge in [0, 0.05) is 24.6 Å². The van der Waals surface area contributed by atoms with Crippen LogP contribution in [0.1, 0.15) is 37.1 Å². The third-order valence-electron chi connectivity index (χ3n) is 3.90. The van der Waals surface area contributed by atoms with Gasteiger partial charge in [-0.15, -0.1) is 11.3 Å². The summed E-state index contributed by atoms with van der Waals surface area (Å²) in [5, 5.41) is 0. The van der Waals surface area contributed by atoms with Crippen LogP contribution in [0.2, 0.25) is 0 Å². The van der Waals surface area contributed by atoms with Gasteiger partial charge in [0.15, 0.2) is 0 Å². The highest BCUT2D eigenvalue weighted by Crippen LogP contribution is 2.34. The topological polar surface area (TPSA) is 38.5 Å². The zero-order valence-electron chi connectivity index (χ0n) is 11.6. The Kier molecular flexibility index (Phi) is 5.84. The van der Waals surface area contributed by atoms with Gasteiger partial charge in [-0.1, -0.05) is 6.92 Å². The molecule has 3 atom stereocenters. The first-order valence-corrected chi connectivity index (χ1v) is 8.54. The Balaban J connectivity index is 2.17. The van der Waals surface area contributed by atoms with Gasteiger partial charge in [0.1, 0.15) is 0 Å². The summed E-state index contributed by atoms with van der Waals surface area (Å²) in [6.07, 6.45) is 3.70. The summed E-state index contributed by atoms with van der Waals surface area (Å²) in [5.41, 5.74) is 6.39. The highest BCUT2D eigenvalue weighted by atomic mass is 79.9. The van der Waals surface area contributed by atoms with Crippen molar-refractivity contribution in [1.29, 1.82) is 0 Å². The van der Waals surface area contributed by atoms with E-state index in [-0.39, 0.29) is 6.04 Å². The number of thiophene rings is 1. The zero-order valence-corrected chi connectivity index (χ0v) is 14.0. The van der Waals surface area contributed by atoms with Crippen LogP contribution in [-0.2, 0) is 4.74 Å². The van der Waals surface area contributed by atoms with Gasteiger partial charge in [-0.2, -0.15) is 0 Å². The van der Waals surface area contributed by atoms with Crippen LogP contribution in [0.5, 0.6) is 0 Å². The van der Waals surface area contributed by atoms with Crippen LogP contribution >= 0.6 is 27.3 Å². The maximum Gasteiger partial charge on any atom is 0.0702 e. The van der Waals surface area contributed by atoms with Crippen molar-refractivity contribution in [3.05, 3.63) is 20.8 Å². The molecule has 1 aromatic rings. The number of halogens is 1. The fraction of sp³-hybridized carbons (Fsp3) is 0.714. The molecule has 0 aromatic carbocycles. The van der Waals surface area contributed by atoms with Crippen LogP contribution in [0.4, 0.5) is 0 Å². The Morgan fingerprint density at radius 3 is 2.95 bits per heavy atom. The van der Waals surface area contributed by atoms with E-state index in [1.807, 2.05) is 7.11 Å². The molecule has 0 saturated carbocycles. The fourth-order valence-electron chi connectivity index (χ4n) is 2.78. The smallest absolute Gasteiger partial charge is 0.0702 e. The molecule has 2 rings (SSSR count). The lowest BCUT2D eigenvalue weighted by Crippen LogP contribution is -2.47. The Hall–Kier alpha value is 0.0600. The van der Waals surface area contributed by atoms with Crippen molar-refractivity contribution in [2.75, 3.05) is 20.2 Å². The van der Waals surface area contributed by atoms with Crippen molar-refractivity contribution in [1.82, 2.24) is 4.90 Å². The zero-order chi connectivity index (χ0) is 13.8. The van der Waals surface area contributed by atoms with Crippen LogP contribution in [0, 0.1) is 0 Å². The second-order valence-corrected chi connectivity index (χ2v) is 7.65. The van der Waals surface area contributed by atoms with E-state index in [4.69, 9.17) is 10.5 Å². The standard InChI is InChI=1S/C14H23BrN2OS/c1-3-11(16)14(12-6-7-13(15)19-12)17-8-4-5-10(9-17)18-2/h6-7,10-11,14H,3-5,8-9,16H2,1-2H3. The number of hydrogen-bond donors (Lipinski definition) is 1. The first kappa shape index (κ1) is 15.4. The van der Waals surface area contributed by atoms with Gasteiger partial charge in [0.25, 0.3) is 0 Å². The quantitative estimate of drug-likeness (QED) is 0.887. The number of nitrogens with zero attached hydrogens (tertiary/aromatic N) is 1. The van der Waals surface area contributed by atoms with Gasteiger partial charge in [0.05, 0.1) is 15.9 Å². The molecule has 0 bridgehead atoms. The second-order valence-electron chi connectivity index (χ2n) is 5.15. The van der Waals surface area contributed by atoms with Gasteiger partial charge < -0.3 is 10.5 Å². The summed E-state index contributed by atoms with van der Waals surface area (Å²) in [5.74, 6) is 0. The highest BCUT2D eigenvalue weighted by Gasteiger charge is 2.31. The molecule has 5 heteroatoms. The van der Waals surface area contributed by atoms with E-state index in [1.54, 1.807) is 11.3 Å². The molecule has 0 spiro atoms. The van der Waals surface area contributed by atoms with Crippen molar-refractivity contribution >= 4 is 27.3 Å². The fourth-order valence-corrected chi connectivity index (χ4v) is 4.42. The summed E-state index contributed by atoms with van der Waals surface area (Å²) in [6, 6.07) is 4.82. The predicted molar refractivity (Wildman–Crippen MR) is 84.6 cm³/mol. The molecule has 1 aromatic heterocycles. The molecule has 0 radical (unpaired) electrons. The van der Waals surface area contributed by atoms with Crippen molar-refractivity contribution in [2.24, 2.45) is 5.73 Å². The molecule has 1 fully saturated rings. The lowest BCUT2D eigenvalue weighted by molar-refractivity contribution is 0.00968. The van der Waals surface area contributed by atoms with Crippen LogP contribution in [-0.4, -0.2) is 37.2 Å². The number of hydrogen-bond acceptors (Lipinski definition) is 4. The monoisotopic (exact) mass is 346 g/mol. The Bertz CT molecular complexity index is 399. The number of likely N-dealkylation sites (tertiary alicyclic amines) is 1. The summed E-state index contributed by atoms with van der Waals surface area (Å²) >= 11 is 5.35. The molecule has 2 N–H and O–H groups in total. The highest BCUT2D eigenvalue weighted by molar-refractivity contribution is 9.11. The van der Waals surface area contributed by atoms with Gasteiger partial charge >= 0.3 is 0 Å². The third-order valence-corrected chi connectivity index (χ3v) is 5.59. The number of nitrogens with two attached hydrogens (primary N) is 1. The maximum atomic E-state index is 6.39. The minimum atomic E-state index is 0.182. The van der Waals surface area contributed by atoms with Crippen LogP contribution in [0.25, 0.3) is 0 Å². The van der Waals surface area contributed by atoms with E-state index in [9.17, 15) is 0 Å². The van der Waals surface area contributed by atoms with Crippen molar-refractivity contribution in [2.45, 2.75) is 44.4 Å². The molecular formula is C14H23BrN2OS. The van der Waals surface area contributed by atoms with Crippen molar-refractivity contribution in [3.8, 4) is 0 Å². The molecule has 3 nitrogen and oxygen atoms in total. The third kappa shape index (κ3) is 3.79. The van der Waals surface area contributed by atoms with E-state index >= 15 is 0 Å². The molecule has 1 aliphatic rings. The second kappa shape index (κ2) is 7.18. The molecule has 2 heterocycles. The number of ether oxygens (including phenoxy) is 1. The van der Waals surface area contributed by atoms with Crippen molar-refractivity contribution < 1.29 is 4.74 Å². The van der Waals surface area contributed by atoms with E-state index in [1.165, 1.54) is 15.1 Å². The van der Waals surface area contributed by atoms with Gasteiger partial charge in [0.2, 0.25) is 0 Å². The molecule has 108 valence electrons. The summed E-state index contributed by atoms with van der Waals surface area (Å²) in [7, 11) is 1.81. The average molecular weight is 347 g/mol. The van der Waals surface area contributed by atoms with E-state index in [0.717, 1.165) is 25.9 Å². The van der Waals surface area contributed by atoms with Crippen LogP contribution in [0.15, 0.2) is 15.9 Å². The Labute approximate surface area is 128 Å². The largest absolute Gasteiger partial charge is 0.380 e. The average Bonchev–Trinajstić information content (AvgIpc) is 2.85. The summed E-state index contributed by atoms with van der Waals surface area (Å²) in [4.78, 5) is 3.86. The predicted octanol–water partition coefficient (Wildman–Crippen LogP) is 3.40. The summed E-state index contributed by atoms with van der Waals surface area (Å²) < 4.78 is 6.71. The lowest BCUT2D eigenvalue weighted by Gasteiger charge is -2.39. The molecule has 1 saturated heterocycles. The molecule has 1 aliphatic heterocycles. The molecular weight excluding hydrogens is 324 g/mol. The maximum absolute atomic E-state index is 6.39. The normalized spacial score (nSPS) is 24.3. The van der Waals surface area contributed by atoms with E-state index < -0.39 is 0 Å². The van der Waals surface area contributed by atoms with Gasteiger partial charge in [-0.3, -0.25) is 4.90 Å². The van der Waals surface area contributed by atoms with Gasteiger partial charge in [-0.05, 0) is 53.9 Å². The van der Waals surface area contributed by atoms with E-state index in [2.05, 4.69) is 39.9 Å². The first-order valence-electron chi connectivity index (χ1n) is 6.93. The SMILES string of the molecule is CCC(N)C(c1ccc(Br)s1)N1CCCC(OC)C1. The lowest BCUT2D eigenvalue weighted by atomic mass is 9.99. The number of rotatable bonds is 5. The van der Waals surface area contributed by atoms with Gasteiger partial charge in [-0.25, -0.2) is 0 Å². The van der Waals surface area contributed by atoms with Crippen LogP contribution < -0.4 is 5.73 Å². The Morgan fingerprint density at radius 1 is 1.58 bits per heavy atom. The molecule has 0 amide bonds. The Morgan fingerprint density at radius 2 is 2.37 bits per heavy atom. The van der Waals surface area contributed by atoms with E-state index in [0.29, 0.717) is 12.1 Å². The van der Waals surface area contributed by atoms with Crippen LogP contribution in [0.3, 0.4) is 0 Å². The molecule has 3 unspecified atom stereocenters.